The van der Waals surface area contributed by atoms with Crippen LogP contribution in [0.4, 0.5) is 0 Å². The number of aliphatic hydroxyl groups is 1. The Bertz CT molecular complexity index is 91.8. The molecule has 2 atom stereocenters. The average Bonchev–Trinajstić information content (AvgIpc) is 2.03. The first-order chi connectivity index (χ1) is 5.68. The molecule has 2 unspecified atom stereocenters. The van der Waals surface area contributed by atoms with Crippen molar-refractivity contribution in [1.82, 2.24) is 0 Å². The Labute approximate surface area is 75.9 Å². The van der Waals surface area contributed by atoms with Crippen LogP contribution in [0.3, 0.4) is 0 Å². The Morgan fingerprint density at radius 3 is 2.33 bits per heavy atom. The molecule has 2 nitrogen and oxygen atoms in total. The Kier molecular flexibility index (Phi) is 7.51. The smallest absolute Gasteiger partial charge is 0.0803 e. The molecule has 74 valence electrons. The standard InChI is InChI=1S/C10H22O2/c1-4-5-6-7-8-12-10(3)9(2)11/h9-11H,4-8H2,1-3H3. The van der Waals surface area contributed by atoms with Crippen molar-refractivity contribution in [2.24, 2.45) is 0 Å². The molecule has 0 aliphatic heterocycles. The van der Waals surface area contributed by atoms with Gasteiger partial charge in [0, 0.05) is 6.61 Å². The van der Waals surface area contributed by atoms with E-state index >= 15 is 0 Å². The number of ether oxygens (including phenoxy) is 1. The van der Waals surface area contributed by atoms with E-state index in [0.29, 0.717) is 0 Å². The number of aliphatic hydroxyl groups excluding tert-OH is 1. The van der Waals surface area contributed by atoms with E-state index in [1.807, 2.05) is 6.92 Å². The third-order valence-electron chi connectivity index (χ3n) is 2.06. The van der Waals surface area contributed by atoms with E-state index in [1.165, 1.54) is 19.3 Å². The Morgan fingerprint density at radius 2 is 1.83 bits per heavy atom. The van der Waals surface area contributed by atoms with Gasteiger partial charge >= 0.3 is 0 Å². The molecule has 1 N–H and O–H groups in total. The highest BCUT2D eigenvalue weighted by atomic mass is 16.5. The lowest BCUT2D eigenvalue weighted by Crippen LogP contribution is -2.23. The monoisotopic (exact) mass is 174 g/mol. The van der Waals surface area contributed by atoms with Crippen molar-refractivity contribution in [3.63, 3.8) is 0 Å². The number of rotatable bonds is 7. The van der Waals surface area contributed by atoms with E-state index in [4.69, 9.17) is 9.84 Å². The first kappa shape index (κ1) is 11.9. The van der Waals surface area contributed by atoms with Crippen LogP contribution in [0.15, 0.2) is 0 Å². The van der Waals surface area contributed by atoms with Gasteiger partial charge in [-0.3, -0.25) is 0 Å². The Balaban J connectivity index is 3.08. The van der Waals surface area contributed by atoms with Crippen LogP contribution < -0.4 is 0 Å². The summed E-state index contributed by atoms with van der Waals surface area (Å²) < 4.78 is 5.40. The van der Waals surface area contributed by atoms with Gasteiger partial charge < -0.3 is 9.84 Å². The second-order valence-electron chi connectivity index (χ2n) is 3.38. The molecule has 12 heavy (non-hydrogen) atoms. The van der Waals surface area contributed by atoms with Gasteiger partial charge in [0.1, 0.15) is 0 Å². The van der Waals surface area contributed by atoms with Crippen LogP contribution in [-0.2, 0) is 4.74 Å². The highest BCUT2D eigenvalue weighted by molar-refractivity contribution is 4.56. The quantitative estimate of drug-likeness (QED) is 0.600. The second-order valence-corrected chi connectivity index (χ2v) is 3.38. The molecule has 0 aliphatic rings. The van der Waals surface area contributed by atoms with Gasteiger partial charge in [-0.2, -0.15) is 0 Å². The molecule has 0 aromatic rings. The fraction of sp³-hybridized carbons (Fsp3) is 1.00. The molecule has 0 radical (unpaired) electrons. The van der Waals surface area contributed by atoms with Crippen molar-refractivity contribution in [1.29, 1.82) is 0 Å². The molecule has 0 saturated carbocycles. The van der Waals surface area contributed by atoms with Crippen LogP contribution in [0.5, 0.6) is 0 Å². The summed E-state index contributed by atoms with van der Waals surface area (Å²) in [5.74, 6) is 0. The van der Waals surface area contributed by atoms with E-state index in [2.05, 4.69) is 6.92 Å². The van der Waals surface area contributed by atoms with Gasteiger partial charge in [0.05, 0.1) is 12.2 Å². The van der Waals surface area contributed by atoms with Gasteiger partial charge in [-0.1, -0.05) is 26.2 Å². The van der Waals surface area contributed by atoms with Crippen LogP contribution in [0.2, 0.25) is 0 Å². The molecular formula is C10H22O2. The van der Waals surface area contributed by atoms with Crippen molar-refractivity contribution < 1.29 is 9.84 Å². The highest BCUT2D eigenvalue weighted by Crippen LogP contribution is 2.02. The molecular weight excluding hydrogens is 152 g/mol. The molecule has 0 bridgehead atoms. The highest BCUT2D eigenvalue weighted by Gasteiger charge is 2.07. The summed E-state index contributed by atoms with van der Waals surface area (Å²) in [7, 11) is 0. The SMILES string of the molecule is CCCCCCOC(C)C(C)O. The van der Waals surface area contributed by atoms with Gasteiger partial charge in [-0.25, -0.2) is 0 Å². The van der Waals surface area contributed by atoms with Gasteiger partial charge in [-0.05, 0) is 20.3 Å². The predicted molar refractivity (Wildman–Crippen MR) is 51.2 cm³/mol. The van der Waals surface area contributed by atoms with Gasteiger partial charge in [0.15, 0.2) is 0 Å². The van der Waals surface area contributed by atoms with Crippen LogP contribution in [0.1, 0.15) is 46.5 Å². The maximum atomic E-state index is 9.10. The molecule has 0 rings (SSSR count). The first-order valence-corrected chi connectivity index (χ1v) is 4.98. The summed E-state index contributed by atoms with van der Waals surface area (Å²) in [6.07, 6.45) is 4.52. The van der Waals surface area contributed by atoms with Crippen LogP contribution >= 0.6 is 0 Å². The predicted octanol–water partition coefficient (Wildman–Crippen LogP) is 2.35. The molecule has 0 spiro atoms. The third kappa shape index (κ3) is 6.62. The number of hydrogen-bond donors (Lipinski definition) is 1. The number of hydrogen-bond acceptors (Lipinski definition) is 2. The van der Waals surface area contributed by atoms with E-state index < -0.39 is 0 Å². The third-order valence-corrected chi connectivity index (χ3v) is 2.06. The maximum Gasteiger partial charge on any atom is 0.0803 e. The largest absolute Gasteiger partial charge is 0.391 e. The maximum absolute atomic E-state index is 9.10. The van der Waals surface area contributed by atoms with Crippen molar-refractivity contribution in [2.75, 3.05) is 6.61 Å². The van der Waals surface area contributed by atoms with Crippen LogP contribution in [0, 0.1) is 0 Å². The van der Waals surface area contributed by atoms with E-state index in [1.54, 1.807) is 6.92 Å². The van der Waals surface area contributed by atoms with Crippen molar-refractivity contribution in [2.45, 2.75) is 58.7 Å². The summed E-state index contributed by atoms with van der Waals surface area (Å²) in [6.45, 7) is 6.65. The number of unbranched alkanes of at least 4 members (excludes halogenated alkanes) is 3. The summed E-state index contributed by atoms with van der Waals surface area (Å²) in [5, 5.41) is 9.10. The van der Waals surface area contributed by atoms with E-state index in [0.717, 1.165) is 13.0 Å². The average molecular weight is 174 g/mol. The summed E-state index contributed by atoms with van der Waals surface area (Å²) in [5.41, 5.74) is 0. The van der Waals surface area contributed by atoms with Gasteiger partial charge in [0.25, 0.3) is 0 Å². The lowest BCUT2D eigenvalue weighted by atomic mass is 10.2. The Morgan fingerprint density at radius 1 is 1.17 bits per heavy atom. The van der Waals surface area contributed by atoms with Gasteiger partial charge in [0.2, 0.25) is 0 Å². The van der Waals surface area contributed by atoms with Gasteiger partial charge in [-0.15, -0.1) is 0 Å². The lowest BCUT2D eigenvalue weighted by Gasteiger charge is -2.15. The molecule has 0 aromatic carbocycles. The molecule has 0 saturated heterocycles. The fourth-order valence-corrected chi connectivity index (χ4v) is 0.937. The minimum absolute atomic E-state index is 0.0216. The molecule has 0 aromatic heterocycles. The minimum Gasteiger partial charge on any atom is -0.391 e. The Hall–Kier alpha value is -0.0800. The molecule has 2 heteroatoms. The van der Waals surface area contributed by atoms with Crippen molar-refractivity contribution in [3.8, 4) is 0 Å². The minimum atomic E-state index is -0.351. The topological polar surface area (TPSA) is 29.5 Å². The summed E-state index contributed by atoms with van der Waals surface area (Å²) >= 11 is 0. The molecule has 0 aliphatic carbocycles. The second kappa shape index (κ2) is 7.56. The molecule has 0 fully saturated rings. The summed E-state index contributed by atoms with van der Waals surface area (Å²) in [6, 6.07) is 0. The molecule has 0 amide bonds. The zero-order valence-corrected chi connectivity index (χ0v) is 8.55. The first-order valence-electron chi connectivity index (χ1n) is 4.98. The van der Waals surface area contributed by atoms with Crippen LogP contribution in [0.25, 0.3) is 0 Å². The van der Waals surface area contributed by atoms with Crippen molar-refractivity contribution in [3.05, 3.63) is 0 Å². The zero-order chi connectivity index (χ0) is 9.40. The lowest BCUT2D eigenvalue weighted by molar-refractivity contribution is -0.0193. The van der Waals surface area contributed by atoms with E-state index in [-0.39, 0.29) is 12.2 Å². The van der Waals surface area contributed by atoms with E-state index in [9.17, 15) is 0 Å². The van der Waals surface area contributed by atoms with Crippen LogP contribution in [-0.4, -0.2) is 23.9 Å². The zero-order valence-electron chi connectivity index (χ0n) is 8.55. The normalized spacial score (nSPS) is 16.0. The summed E-state index contributed by atoms with van der Waals surface area (Å²) in [4.78, 5) is 0. The molecule has 0 heterocycles. The van der Waals surface area contributed by atoms with Crippen molar-refractivity contribution >= 4 is 0 Å². The fourth-order valence-electron chi connectivity index (χ4n) is 0.937.